The van der Waals surface area contributed by atoms with Crippen LogP contribution in [-0.4, -0.2) is 5.91 Å². The fourth-order valence-corrected chi connectivity index (χ4v) is 2.18. The number of furan rings is 1. The van der Waals surface area contributed by atoms with Crippen LogP contribution >= 0.6 is 23.2 Å². The number of benzene rings is 1. The number of rotatable bonds is 3. The lowest BCUT2D eigenvalue weighted by molar-refractivity contribution is 0.0939. The summed E-state index contributed by atoms with van der Waals surface area (Å²) >= 11 is 11.9. The molecule has 2 aromatic rings. The van der Waals surface area contributed by atoms with Gasteiger partial charge in [0, 0.05) is 10.0 Å². The molecule has 0 saturated carbocycles. The van der Waals surface area contributed by atoms with Crippen molar-refractivity contribution in [3.8, 4) is 0 Å². The Labute approximate surface area is 115 Å². The number of amides is 1. The normalized spacial score (nSPS) is 12.2. The molecule has 0 aliphatic carbocycles. The minimum absolute atomic E-state index is 0.206. The second-order valence-corrected chi connectivity index (χ2v) is 4.72. The smallest absolute Gasteiger partial charge is 0.255 e. The summed E-state index contributed by atoms with van der Waals surface area (Å²) in [5.74, 6) is -0.206. The van der Waals surface area contributed by atoms with Crippen LogP contribution in [-0.2, 0) is 0 Å². The van der Waals surface area contributed by atoms with E-state index in [-0.39, 0.29) is 11.9 Å². The van der Waals surface area contributed by atoms with Gasteiger partial charge in [-0.25, -0.2) is 0 Å². The summed E-state index contributed by atoms with van der Waals surface area (Å²) in [4.78, 5) is 11.8. The molecule has 1 heterocycles. The van der Waals surface area contributed by atoms with E-state index in [2.05, 4.69) is 5.32 Å². The van der Waals surface area contributed by atoms with Gasteiger partial charge in [0.25, 0.3) is 5.91 Å². The number of carbonyl (C=O) groups excluding carboxylic acids is 1. The van der Waals surface area contributed by atoms with Crippen molar-refractivity contribution in [2.45, 2.75) is 13.0 Å². The molecular weight excluding hydrogens is 273 g/mol. The van der Waals surface area contributed by atoms with E-state index in [4.69, 9.17) is 27.6 Å². The summed E-state index contributed by atoms with van der Waals surface area (Å²) in [7, 11) is 0. The molecule has 0 saturated heterocycles. The Hall–Kier alpha value is -1.45. The average molecular weight is 284 g/mol. The van der Waals surface area contributed by atoms with Crippen LogP contribution in [0.5, 0.6) is 0 Å². The first-order valence-corrected chi connectivity index (χ1v) is 6.11. The SMILES string of the molecule is CC(NC(=O)c1ccoc1)c1ccc(Cl)cc1Cl. The van der Waals surface area contributed by atoms with Crippen LogP contribution in [0.1, 0.15) is 28.9 Å². The van der Waals surface area contributed by atoms with E-state index in [9.17, 15) is 4.79 Å². The Morgan fingerprint density at radius 2 is 2.11 bits per heavy atom. The van der Waals surface area contributed by atoms with Gasteiger partial charge in [-0.2, -0.15) is 0 Å². The van der Waals surface area contributed by atoms with Gasteiger partial charge in [-0.3, -0.25) is 4.79 Å². The first kappa shape index (κ1) is 13.0. The predicted octanol–water partition coefficient (Wildman–Crippen LogP) is 4.08. The van der Waals surface area contributed by atoms with E-state index in [0.717, 1.165) is 5.56 Å². The van der Waals surface area contributed by atoms with Gasteiger partial charge in [0.15, 0.2) is 0 Å². The molecular formula is C13H11Cl2NO2. The van der Waals surface area contributed by atoms with Crippen LogP contribution in [0.2, 0.25) is 10.0 Å². The molecule has 0 spiro atoms. The van der Waals surface area contributed by atoms with Crippen LogP contribution in [0, 0.1) is 0 Å². The molecule has 3 nitrogen and oxygen atoms in total. The van der Waals surface area contributed by atoms with Crippen molar-refractivity contribution in [3.05, 3.63) is 58.0 Å². The molecule has 94 valence electrons. The molecule has 2 rings (SSSR count). The fourth-order valence-electron chi connectivity index (χ4n) is 1.60. The number of hydrogen-bond acceptors (Lipinski definition) is 2. The number of halogens is 2. The zero-order valence-corrected chi connectivity index (χ0v) is 11.1. The van der Waals surface area contributed by atoms with Gasteiger partial charge >= 0.3 is 0 Å². The summed E-state index contributed by atoms with van der Waals surface area (Å²) in [5, 5.41) is 3.93. The van der Waals surface area contributed by atoms with Crippen molar-refractivity contribution < 1.29 is 9.21 Å². The van der Waals surface area contributed by atoms with Crippen LogP contribution in [0.15, 0.2) is 41.2 Å². The van der Waals surface area contributed by atoms with Crippen molar-refractivity contribution in [1.82, 2.24) is 5.32 Å². The molecule has 0 fully saturated rings. The topological polar surface area (TPSA) is 42.2 Å². The first-order chi connectivity index (χ1) is 8.58. The Morgan fingerprint density at radius 1 is 1.33 bits per heavy atom. The standard InChI is InChI=1S/C13H11Cl2NO2/c1-8(11-3-2-10(14)6-12(11)15)16-13(17)9-4-5-18-7-9/h2-8H,1H3,(H,16,17). The van der Waals surface area contributed by atoms with Crippen LogP contribution in [0.4, 0.5) is 0 Å². The molecule has 0 aliphatic rings. The summed E-state index contributed by atoms with van der Waals surface area (Å²) in [6.07, 6.45) is 2.85. The molecule has 0 radical (unpaired) electrons. The largest absolute Gasteiger partial charge is 0.472 e. The molecule has 5 heteroatoms. The van der Waals surface area contributed by atoms with Crippen LogP contribution < -0.4 is 5.32 Å². The second kappa shape index (κ2) is 5.46. The zero-order chi connectivity index (χ0) is 13.1. The van der Waals surface area contributed by atoms with Crippen molar-refractivity contribution in [1.29, 1.82) is 0 Å². The van der Waals surface area contributed by atoms with Crippen molar-refractivity contribution in [3.63, 3.8) is 0 Å². The van der Waals surface area contributed by atoms with Gasteiger partial charge < -0.3 is 9.73 Å². The maximum atomic E-state index is 11.8. The lowest BCUT2D eigenvalue weighted by atomic mass is 10.1. The highest BCUT2D eigenvalue weighted by molar-refractivity contribution is 6.35. The number of hydrogen-bond donors (Lipinski definition) is 1. The van der Waals surface area contributed by atoms with Gasteiger partial charge in [-0.05, 0) is 30.7 Å². The maximum Gasteiger partial charge on any atom is 0.255 e. The summed E-state index contributed by atoms with van der Waals surface area (Å²) in [6, 6.07) is 6.58. The number of nitrogens with one attached hydrogen (secondary N) is 1. The summed E-state index contributed by atoms with van der Waals surface area (Å²) in [6.45, 7) is 1.85. The second-order valence-electron chi connectivity index (χ2n) is 3.87. The van der Waals surface area contributed by atoms with Crippen molar-refractivity contribution in [2.75, 3.05) is 0 Å². The summed E-state index contributed by atoms with van der Waals surface area (Å²) < 4.78 is 4.86. The highest BCUT2D eigenvalue weighted by Gasteiger charge is 2.14. The van der Waals surface area contributed by atoms with Gasteiger partial charge in [-0.15, -0.1) is 0 Å². The average Bonchev–Trinajstić information content (AvgIpc) is 2.81. The van der Waals surface area contributed by atoms with Gasteiger partial charge in [0.05, 0.1) is 17.9 Å². The molecule has 0 aliphatic heterocycles. The van der Waals surface area contributed by atoms with Gasteiger partial charge in [-0.1, -0.05) is 29.3 Å². The Balaban J connectivity index is 2.12. The van der Waals surface area contributed by atoms with E-state index >= 15 is 0 Å². The highest BCUT2D eigenvalue weighted by atomic mass is 35.5. The van der Waals surface area contributed by atoms with Gasteiger partial charge in [0.2, 0.25) is 0 Å². The molecule has 1 atom stereocenters. The van der Waals surface area contributed by atoms with E-state index < -0.39 is 0 Å². The van der Waals surface area contributed by atoms with E-state index in [1.165, 1.54) is 12.5 Å². The maximum absolute atomic E-state index is 11.8. The molecule has 1 N–H and O–H groups in total. The minimum Gasteiger partial charge on any atom is -0.472 e. The first-order valence-electron chi connectivity index (χ1n) is 5.36. The van der Waals surface area contributed by atoms with Crippen molar-refractivity contribution in [2.24, 2.45) is 0 Å². The monoisotopic (exact) mass is 283 g/mol. The molecule has 1 aromatic heterocycles. The Kier molecular flexibility index (Phi) is 3.94. The number of carbonyl (C=O) groups is 1. The highest BCUT2D eigenvalue weighted by Crippen LogP contribution is 2.26. The van der Waals surface area contributed by atoms with Gasteiger partial charge in [0.1, 0.15) is 6.26 Å². The Bertz CT molecular complexity index is 552. The predicted molar refractivity (Wildman–Crippen MR) is 71.1 cm³/mol. The summed E-state index contributed by atoms with van der Waals surface area (Å²) in [5.41, 5.74) is 1.30. The third-order valence-corrected chi connectivity index (χ3v) is 3.12. The third-order valence-electron chi connectivity index (χ3n) is 2.56. The van der Waals surface area contributed by atoms with Crippen molar-refractivity contribution >= 4 is 29.1 Å². The Morgan fingerprint density at radius 3 is 2.72 bits per heavy atom. The van der Waals surface area contributed by atoms with E-state index in [1.807, 2.05) is 6.92 Å². The molecule has 1 aromatic carbocycles. The minimum atomic E-state index is -0.211. The molecule has 1 unspecified atom stereocenters. The third kappa shape index (κ3) is 2.86. The van der Waals surface area contributed by atoms with E-state index in [1.54, 1.807) is 24.3 Å². The van der Waals surface area contributed by atoms with Crippen LogP contribution in [0.25, 0.3) is 0 Å². The quantitative estimate of drug-likeness (QED) is 0.922. The van der Waals surface area contributed by atoms with E-state index in [0.29, 0.717) is 15.6 Å². The molecule has 0 bridgehead atoms. The van der Waals surface area contributed by atoms with Crippen LogP contribution in [0.3, 0.4) is 0 Å². The lowest BCUT2D eigenvalue weighted by Crippen LogP contribution is -2.26. The zero-order valence-electron chi connectivity index (χ0n) is 9.61. The fraction of sp³-hybridized carbons (Fsp3) is 0.154. The lowest BCUT2D eigenvalue weighted by Gasteiger charge is -2.15. The molecule has 1 amide bonds. The molecule has 18 heavy (non-hydrogen) atoms.